The Labute approximate surface area is 135 Å². The molecular formula is C16H22N4O3. The van der Waals surface area contributed by atoms with E-state index in [0.29, 0.717) is 0 Å². The number of benzene rings is 1. The quantitative estimate of drug-likeness (QED) is 0.680. The normalized spacial score (nSPS) is 19.7. The monoisotopic (exact) mass is 318 g/mol. The fourth-order valence-electron chi connectivity index (χ4n) is 3.51. The lowest BCUT2D eigenvalue weighted by Gasteiger charge is -2.42. The predicted molar refractivity (Wildman–Crippen MR) is 88.8 cm³/mol. The first-order chi connectivity index (χ1) is 10.9. The van der Waals surface area contributed by atoms with Gasteiger partial charge in [0.1, 0.15) is 5.69 Å². The van der Waals surface area contributed by atoms with Crippen LogP contribution >= 0.6 is 0 Å². The van der Waals surface area contributed by atoms with Gasteiger partial charge in [-0.3, -0.25) is 19.8 Å². The highest BCUT2D eigenvalue weighted by Crippen LogP contribution is 2.45. The summed E-state index contributed by atoms with van der Waals surface area (Å²) in [5.74, 6) is -0.311. The highest BCUT2D eigenvalue weighted by molar-refractivity contribution is 5.91. The van der Waals surface area contributed by atoms with Gasteiger partial charge in [-0.25, -0.2) is 0 Å². The Morgan fingerprint density at radius 3 is 2.70 bits per heavy atom. The summed E-state index contributed by atoms with van der Waals surface area (Å²) in [5, 5.41) is 13.8. The van der Waals surface area contributed by atoms with E-state index in [1.54, 1.807) is 12.1 Å². The molecule has 0 bridgehead atoms. The maximum Gasteiger partial charge on any atom is 0.294 e. The van der Waals surface area contributed by atoms with Crippen molar-refractivity contribution in [1.29, 1.82) is 0 Å². The molecule has 1 spiro atoms. The predicted octanol–water partition coefficient (Wildman–Crippen LogP) is 2.23. The molecule has 2 fully saturated rings. The second-order valence-corrected chi connectivity index (χ2v) is 6.37. The molecule has 7 heteroatoms. The maximum atomic E-state index is 11.3. The Kier molecular flexibility index (Phi) is 3.97. The lowest BCUT2D eigenvalue weighted by molar-refractivity contribution is -0.383. The molecular weight excluding hydrogens is 296 g/mol. The fraction of sp³-hybridized carbons (Fsp3) is 0.562. The van der Waals surface area contributed by atoms with Crippen molar-refractivity contribution >= 4 is 23.0 Å². The van der Waals surface area contributed by atoms with Crippen LogP contribution in [0.1, 0.15) is 26.7 Å². The van der Waals surface area contributed by atoms with Gasteiger partial charge in [-0.15, -0.1) is 0 Å². The van der Waals surface area contributed by atoms with Gasteiger partial charge in [0.25, 0.3) is 5.69 Å². The van der Waals surface area contributed by atoms with E-state index >= 15 is 0 Å². The Hall–Kier alpha value is -2.15. The zero-order valence-electron chi connectivity index (χ0n) is 13.5. The second kappa shape index (κ2) is 5.81. The fourth-order valence-corrected chi connectivity index (χ4v) is 3.51. The number of nitro benzene ring substituents is 1. The largest absolute Gasteiger partial charge is 0.368 e. The molecule has 124 valence electrons. The van der Waals surface area contributed by atoms with E-state index in [-0.39, 0.29) is 22.8 Å². The van der Waals surface area contributed by atoms with Crippen LogP contribution in [0.15, 0.2) is 18.2 Å². The van der Waals surface area contributed by atoms with Crippen molar-refractivity contribution in [2.45, 2.75) is 32.2 Å². The van der Waals surface area contributed by atoms with Gasteiger partial charge in [0.15, 0.2) is 0 Å². The number of nitro groups is 1. The molecule has 0 radical (unpaired) electrons. The summed E-state index contributed by atoms with van der Waals surface area (Å²) in [6, 6.07) is 5.06. The third-order valence-corrected chi connectivity index (χ3v) is 4.86. The summed E-state index contributed by atoms with van der Waals surface area (Å²) in [6.45, 7) is 7.35. The maximum absolute atomic E-state index is 11.3. The number of anilines is 2. The number of piperazine rings is 1. The van der Waals surface area contributed by atoms with Crippen LogP contribution in [0, 0.1) is 10.1 Å². The van der Waals surface area contributed by atoms with Crippen LogP contribution in [0.5, 0.6) is 0 Å². The number of hydrogen-bond acceptors (Lipinski definition) is 5. The molecule has 0 aromatic heterocycles. The lowest BCUT2D eigenvalue weighted by Crippen LogP contribution is -2.54. The van der Waals surface area contributed by atoms with Crippen LogP contribution in [-0.4, -0.2) is 47.4 Å². The number of amides is 1. The lowest BCUT2D eigenvalue weighted by atomic mass is 10.1. The van der Waals surface area contributed by atoms with Crippen LogP contribution in [-0.2, 0) is 4.79 Å². The molecule has 1 heterocycles. The van der Waals surface area contributed by atoms with E-state index in [9.17, 15) is 14.9 Å². The Morgan fingerprint density at radius 1 is 1.39 bits per heavy atom. The minimum absolute atomic E-state index is 0.0551. The number of hydrogen-bond donors (Lipinski definition) is 1. The van der Waals surface area contributed by atoms with E-state index in [4.69, 9.17) is 0 Å². The van der Waals surface area contributed by atoms with Crippen molar-refractivity contribution in [3.05, 3.63) is 28.3 Å². The van der Waals surface area contributed by atoms with Crippen molar-refractivity contribution in [3.63, 3.8) is 0 Å². The van der Waals surface area contributed by atoms with Gasteiger partial charge in [-0.2, -0.15) is 0 Å². The van der Waals surface area contributed by atoms with Crippen LogP contribution < -0.4 is 10.2 Å². The molecule has 1 saturated heterocycles. The van der Waals surface area contributed by atoms with E-state index in [0.717, 1.165) is 31.9 Å². The van der Waals surface area contributed by atoms with Gasteiger partial charge in [0.2, 0.25) is 5.91 Å². The number of nitrogens with one attached hydrogen (secondary N) is 1. The summed E-state index contributed by atoms with van der Waals surface area (Å²) in [6.07, 6.45) is 2.40. The Bertz CT molecular complexity index is 642. The third kappa shape index (κ3) is 3.01. The topological polar surface area (TPSA) is 78.7 Å². The Balaban J connectivity index is 1.85. The first kappa shape index (κ1) is 15.7. The zero-order valence-corrected chi connectivity index (χ0v) is 13.5. The van der Waals surface area contributed by atoms with Gasteiger partial charge in [0.05, 0.1) is 4.92 Å². The average Bonchev–Trinajstić information content (AvgIpc) is 3.26. The molecule has 0 atom stereocenters. The smallest absolute Gasteiger partial charge is 0.294 e. The molecule has 1 saturated carbocycles. The number of nitrogens with zero attached hydrogens (tertiary/aromatic N) is 3. The number of likely N-dealkylation sites (N-methyl/N-ethyl adjacent to an activating group) is 1. The van der Waals surface area contributed by atoms with Crippen molar-refractivity contribution in [2.24, 2.45) is 0 Å². The van der Waals surface area contributed by atoms with Crippen molar-refractivity contribution in [1.82, 2.24) is 4.90 Å². The second-order valence-electron chi connectivity index (χ2n) is 6.37. The van der Waals surface area contributed by atoms with Gasteiger partial charge >= 0.3 is 0 Å². The van der Waals surface area contributed by atoms with Crippen LogP contribution in [0.4, 0.5) is 17.1 Å². The van der Waals surface area contributed by atoms with Crippen molar-refractivity contribution in [2.75, 3.05) is 36.4 Å². The van der Waals surface area contributed by atoms with Crippen molar-refractivity contribution < 1.29 is 9.72 Å². The summed E-state index contributed by atoms with van der Waals surface area (Å²) in [7, 11) is 0. The van der Waals surface area contributed by atoms with E-state index in [1.807, 2.05) is 6.07 Å². The van der Waals surface area contributed by atoms with Gasteiger partial charge in [0, 0.05) is 43.9 Å². The highest BCUT2D eigenvalue weighted by atomic mass is 16.6. The molecule has 1 aliphatic carbocycles. The molecule has 3 rings (SSSR count). The van der Waals surface area contributed by atoms with Crippen LogP contribution in [0.2, 0.25) is 0 Å². The molecule has 23 heavy (non-hydrogen) atoms. The molecule has 1 aromatic carbocycles. The third-order valence-electron chi connectivity index (χ3n) is 4.86. The SMILES string of the molecule is CCN1CCN(c2ccc(NC(C)=O)c([N+](=O)[O-])c2)CC12CC2. The molecule has 0 unspecified atom stereocenters. The average molecular weight is 318 g/mol. The van der Waals surface area contributed by atoms with Gasteiger partial charge in [-0.1, -0.05) is 6.92 Å². The van der Waals surface area contributed by atoms with Crippen molar-refractivity contribution in [3.8, 4) is 0 Å². The molecule has 1 aromatic rings. The Morgan fingerprint density at radius 2 is 2.13 bits per heavy atom. The van der Waals surface area contributed by atoms with E-state index in [2.05, 4.69) is 22.0 Å². The summed E-state index contributed by atoms with van der Waals surface area (Å²) < 4.78 is 0. The minimum Gasteiger partial charge on any atom is -0.368 e. The molecule has 1 N–H and O–H groups in total. The first-order valence-electron chi connectivity index (χ1n) is 8.01. The summed E-state index contributed by atoms with van der Waals surface area (Å²) in [4.78, 5) is 26.8. The summed E-state index contributed by atoms with van der Waals surface area (Å²) >= 11 is 0. The van der Waals surface area contributed by atoms with Gasteiger partial charge in [-0.05, 0) is 31.5 Å². The highest BCUT2D eigenvalue weighted by Gasteiger charge is 2.50. The number of rotatable bonds is 4. The standard InChI is InChI=1S/C16H22N4O3/c1-3-19-9-8-18(11-16(19)6-7-16)13-4-5-14(17-12(2)21)15(10-13)20(22)23/h4-5,10H,3,6-9,11H2,1-2H3,(H,17,21). The number of carbonyl (C=O) groups excluding carboxylic acids is 1. The molecule has 1 aliphatic heterocycles. The zero-order chi connectivity index (χ0) is 16.6. The van der Waals surface area contributed by atoms with E-state index < -0.39 is 4.92 Å². The van der Waals surface area contributed by atoms with Crippen LogP contribution in [0.3, 0.4) is 0 Å². The minimum atomic E-state index is -0.441. The number of carbonyl (C=O) groups is 1. The molecule has 2 aliphatic rings. The van der Waals surface area contributed by atoms with Gasteiger partial charge < -0.3 is 10.2 Å². The molecule has 1 amide bonds. The summed E-state index contributed by atoms with van der Waals surface area (Å²) in [5.41, 5.74) is 1.31. The van der Waals surface area contributed by atoms with Crippen LogP contribution in [0.25, 0.3) is 0 Å². The van der Waals surface area contributed by atoms with E-state index in [1.165, 1.54) is 19.8 Å². The molecule has 7 nitrogen and oxygen atoms in total. The first-order valence-corrected chi connectivity index (χ1v) is 8.01.